The molecule has 3 heterocycles. The van der Waals surface area contributed by atoms with Gasteiger partial charge < -0.3 is 34.7 Å². The number of alkyl halides is 1. The van der Waals surface area contributed by atoms with Gasteiger partial charge in [-0.3, -0.25) is 9.36 Å². The standard InChI is InChI=1S/C23H27FN7O6PS/c1-5-23(24)17(32)15(36-21(23)31-12-27-16-18(26-3)28-22(25)29-19(16)31)11-35-38(39,30-13(2)20(33)34-4)37-14-9-7-6-8-10-14/h1,6-10,12-13,15,17,21,32H,11H2,2-4H3,(H,30,39)(H3,25,26,28,29)/t13-,15-,17-,21-,23-,38?/m1/s1. The molecule has 13 nitrogen and oxygen atoms in total. The first-order valence-corrected chi connectivity index (χ1v) is 14.2. The molecule has 0 bridgehead atoms. The Hall–Kier alpha value is -3.38. The molecule has 0 amide bonds. The molecule has 1 saturated heterocycles. The van der Waals surface area contributed by atoms with Crippen molar-refractivity contribution in [2.75, 3.05) is 31.8 Å². The minimum atomic E-state index is -3.48. The summed E-state index contributed by atoms with van der Waals surface area (Å²) in [6.07, 6.45) is 2.10. The van der Waals surface area contributed by atoms with Gasteiger partial charge in [-0.05, 0) is 30.9 Å². The van der Waals surface area contributed by atoms with E-state index < -0.39 is 49.4 Å². The predicted molar refractivity (Wildman–Crippen MR) is 144 cm³/mol. The number of carbonyl (C=O) groups excluding carboxylic acids is 1. The second-order valence-corrected chi connectivity index (χ2v) is 11.6. The van der Waals surface area contributed by atoms with Crippen molar-refractivity contribution < 1.29 is 32.8 Å². The molecular weight excluding hydrogens is 552 g/mol. The van der Waals surface area contributed by atoms with Crippen LogP contribution in [0.25, 0.3) is 11.2 Å². The number of para-hydroxylation sites is 1. The van der Waals surface area contributed by atoms with Gasteiger partial charge in [-0.15, -0.1) is 6.42 Å². The molecule has 0 radical (unpaired) electrons. The Morgan fingerprint density at radius 3 is 2.79 bits per heavy atom. The normalized spacial score (nSPS) is 25.0. The third-order valence-electron chi connectivity index (χ3n) is 5.88. The predicted octanol–water partition coefficient (Wildman–Crippen LogP) is 1.52. The van der Waals surface area contributed by atoms with Gasteiger partial charge in [-0.2, -0.15) is 9.97 Å². The van der Waals surface area contributed by atoms with E-state index in [0.717, 1.165) is 0 Å². The zero-order chi connectivity index (χ0) is 28.4. The van der Waals surface area contributed by atoms with E-state index in [1.54, 1.807) is 37.4 Å². The van der Waals surface area contributed by atoms with Crippen LogP contribution < -0.4 is 20.7 Å². The van der Waals surface area contributed by atoms with Crippen LogP contribution in [0, 0.1) is 12.3 Å². The maximum atomic E-state index is 16.1. The number of aliphatic hydroxyl groups excluding tert-OH is 1. The molecule has 2 aromatic heterocycles. The van der Waals surface area contributed by atoms with Gasteiger partial charge in [0, 0.05) is 7.05 Å². The fraction of sp³-hybridized carbons (Fsp3) is 0.391. The molecule has 39 heavy (non-hydrogen) atoms. The number of nitrogens with two attached hydrogens (primary N) is 1. The number of fused-ring (bicyclic) bond motifs is 1. The number of ether oxygens (including phenoxy) is 2. The van der Waals surface area contributed by atoms with Gasteiger partial charge in [0.15, 0.2) is 23.2 Å². The molecule has 1 fully saturated rings. The molecule has 3 aromatic rings. The summed E-state index contributed by atoms with van der Waals surface area (Å²) in [6.45, 7) is -2.40. The van der Waals surface area contributed by atoms with Gasteiger partial charge in [0.05, 0.1) is 20.0 Å². The number of aromatic nitrogens is 4. The second kappa shape index (κ2) is 11.4. The average Bonchev–Trinajstić information content (AvgIpc) is 3.45. The third-order valence-corrected chi connectivity index (χ3v) is 8.38. The van der Waals surface area contributed by atoms with E-state index in [9.17, 15) is 9.90 Å². The van der Waals surface area contributed by atoms with E-state index in [4.69, 9.17) is 42.5 Å². The maximum Gasteiger partial charge on any atom is 0.323 e. The summed E-state index contributed by atoms with van der Waals surface area (Å²) in [6, 6.07) is 7.62. The number of imidazole rings is 1. The number of esters is 1. The van der Waals surface area contributed by atoms with Crippen LogP contribution in [0.2, 0.25) is 0 Å². The Labute approximate surface area is 228 Å². The highest BCUT2D eigenvalue weighted by molar-refractivity contribution is 8.09. The number of hydrogen-bond acceptors (Lipinski definition) is 12. The number of nitrogens with one attached hydrogen (secondary N) is 2. The fourth-order valence-electron chi connectivity index (χ4n) is 3.94. The number of rotatable bonds is 10. The molecular formula is C23H27FN7O6PS. The summed E-state index contributed by atoms with van der Waals surface area (Å²) in [4.78, 5) is 24.5. The van der Waals surface area contributed by atoms with Gasteiger partial charge in [0.25, 0.3) is 0 Å². The van der Waals surface area contributed by atoms with Gasteiger partial charge >= 0.3 is 12.6 Å². The van der Waals surface area contributed by atoms with Crippen LogP contribution in [0.4, 0.5) is 16.2 Å². The Kier molecular flexibility index (Phi) is 8.36. The van der Waals surface area contributed by atoms with Crippen molar-refractivity contribution in [3.8, 4) is 18.1 Å². The second-order valence-electron chi connectivity index (χ2n) is 8.46. The van der Waals surface area contributed by atoms with Crippen LogP contribution in [-0.4, -0.2) is 75.3 Å². The molecule has 1 unspecified atom stereocenters. The SMILES string of the molecule is C#C[C@@]1(F)[C@H](O)[C@@H](COP(=S)(N[C@H](C)C(=O)OC)Oc2ccccc2)O[C@H]1n1cnc2c(NC)nc(N)nc21. The van der Waals surface area contributed by atoms with Gasteiger partial charge in [-0.25, -0.2) is 14.5 Å². The van der Waals surface area contributed by atoms with E-state index >= 15 is 4.39 Å². The fourth-order valence-corrected chi connectivity index (χ4v) is 6.36. The van der Waals surface area contributed by atoms with Crippen LogP contribution in [-0.2, 0) is 30.6 Å². The minimum absolute atomic E-state index is 0.0956. The lowest BCUT2D eigenvalue weighted by molar-refractivity contribution is -0.142. The van der Waals surface area contributed by atoms with Crippen LogP contribution in [0.3, 0.4) is 0 Å². The number of nitrogens with zero attached hydrogens (tertiary/aromatic N) is 4. The topological polar surface area (TPSA) is 168 Å². The Morgan fingerprint density at radius 1 is 1.44 bits per heavy atom. The van der Waals surface area contributed by atoms with Crippen molar-refractivity contribution in [2.24, 2.45) is 0 Å². The van der Waals surface area contributed by atoms with E-state index in [-0.39, 0.29) is 17.1 Å². The van der Waals surface area contributed by atoms with Crippen molar-refractivity contribution >= 4 is 47.3 Å². The molecule has 1 aliphatic heterocycles. The average molecular weight is 580 g/mol. The number of anilines is 2. The summed E-state index contributed by atoms with van der Waals surface area (Å²) in [5.74, 6) is 1.97. The zero-order valence-corrected chi connectivity index (χ0v) is 22.9. The third kappa shape index (κ3) is 5.67. The van der Waals surface area contributed by atoms with Gasteiger partial charge in [0.2, 0.25) is 11.6 Å². The molecule has 16 heteroatoms. The maximum absolute atomic E-state index is 16.1. The van der Waals surface area contributed by atoms with Crippen LogP contribution in [0.1, 0.15) is 13.2 Å². The van der Waals surface area contributed by atoms with Crippen molar-refractivity contribution in [3.05, 3.63) is 36.7 Å². The number of hydrogen-bond donors (Lipinski definition) is 4. The van der Waals surface area contributed by atoms with Crippen LogP contribution in [0.5, 0.6) is 5.75 Å². The summed E-state index contributed by atoms with van der Waals surface area (Å²) in [5.41, 5.74) is 3.51. The molecule has 6 atom stereocenters. The number of halogens is 1. The molecule has 4 rings (SSSR count). The van der Waals surface area contributed by atoms with Gasteiger partial charge in [-0.1, -0.05) is 24.1 Å². The monoisotopic (exact) mass is 579 g/mol. The summed E-state index contributed by atoms with van der Waals surface area (Å²) in [7, 11) is 2.84. The first kappa shape index (κ1) is 28.6. The van der Waals surface area contributed by atoms with Crippen molar-refractivity contribution in [3.63, 3.8) is 0 Å². The zero-order valence-electron chi connectivity index (χ0n) is 21.1. The highest BCUT2D eigenvalue weighted by atomic mass is 32.5. The summed E-state index contributed by atoms with van der Waals surface area (Å²) in [5, 5.41) is 16.6. The van der Waals surface area contributed by atoms with Crippen molar-refractivity contribution in [2.45, 2.75) is 37.1 Å². The highest BCUT2D eigenvalue weighted by Gasteiger charge is 2.58. The largest absolute Gasteiger partial charge is 0.468 e. The molecule has 0 saturated carbocycles. The summed E-state index contributed by atoms with van der Waals surface area (Å²) < 4.78 is 39.8. The highest BCUT2D eigenvalue weighted by Crippen LogP contribution is 2.48. The quantitative estimate of drug-likeness (QED) is 0.155. The van der Waals surface area contributed by atoms with E-state index in [1.807, 2.05) is 5.92 Å². The van der Waals surface area contributed by atoms with E-state index in [2.05, 4.69) is 25.4 Å². The molecule has 0 aliphatic carbocycles. The molecule has 208 valence electrons. The molecule has 1 aromatic carbocycles. The van der Waals surface area contributed by atoms with E-state index in [0.29, 0.717) is 11.6 Å². The number of carbonyl (C=O) groups is 1. The van der Waals surface area contributed by atoms with Crippen LogP contribution in [0.15, 0.2) is 36.7 Å². The van der Waals surface area contributed by atoms with Gasteiger partial charge in [0.1, 0.15) is 24.0 Å². The summed E-state index contributed by atoms with van der Waals surface area (Å²) >= 11 is 5.62. The number of aliphatic hydroxyl groups is 1. The molecule has 0 spiro atoms. The Balaban J connectivity index is 1.61. The first-order chi connectivity index (χ1) is 18.5. The first-order valence-electron chi connectivity index (χ1n) is 11.6. The Bertz CT molecular complexity index is 1440. The minimum Gasteiger partial charge on any atom is -0.468 e. The lowest BCUT2D eigenvalue weighted by Crippen LogP contribution is -2.42. The lowest BCUT2D eigenvalue weighted by Gasteiger charge is -2.27. The van der Waals surface area contributed by atoms with Crippen molar-refractivity contribution in [1.82, 2.24) is 24.6 Å². The van der Waals surface area contributed by atoms with Crippen molar-refractivity contribution in [1.29, 1.82) is 0 Å². The number of terminal acetylenes is 1. The smallest absolute Gasteiger partial charge is 0.323 e. The van der Waals surface area contributed by atoms with E-state index in [1.165, 1.54) is 24.9 Å². The molecule has 1 aliphatic rings. The number of nitrogen functional groups attached to an aromatic ring is 1. The number of methoxy groups -OCH3 is 1. The lowest BCUT2D eigenvalue weighted by atomic mass is 9.97. The number of benzene rings is 1. The molecule has 5 N–H and O–H groups in total. The Morgan fingerprint density at radius 2 is 2.15 bits per heavy atom. The van der Waals surface area contributed by atoms with Crippen LogP contribution >= 0.6 is 6.64 Å².